The molecule has 0 saturated heterocycles. The predicted molar refractivity (Wildman–Crippen MR) is 54.6 cm³/mol. The molecule has 15 heavy (non-hydrogen) atoms. The highest BCUT2D eigenvalue weighted by atomic mass is 14.9. The van der Waals surface area contributed by atoms with Crippen molar-refractivity contribution in [3.63, 3.8) is 0 Å². The molecular formula is C11H8N4. The molecule has 2 rings (SSSR count). The summed E-state index contributed by atoms with van der Waals surface area (Å²) in [5, 5.41) is 8.54. The summed E-state index contributed by atoms with van der Waals surface area (Å²) >= 11 is 0. The standard InChI is InChI=1S/C11H8N4/c12-5-1-11-14-8-4-10(15-11)9-2-6-13-7-3-9/h2-4,6-8H,1H2. The monoisotopic (exact) mass is 196 g/mol. The fourth-order valence-corrected chi connectivity index (χ4v) is 1.24. The predicted octanol–water partition coefficient (Wildman–Crippen LogP) is 1.60. The van der Waals surface area contributed by atoms with Crippen molar-refractivity contribution in [3.8, 4) is 17.3 Å². The van der Waals surface area contributed by atoms with Gasteiger partial charge in [-0.25, -0.2) is 9.97 Å². The number of rotatable bonds is 2. The average molecular weight is 196 g/mol. The van der Waals surface area contributed by atoms with E-state index >= 15 is 0 Å². The van der Waals surface area contributed by atoms with Gasteiger partial charge in [-0.05, 0) is 18.2 Å². The van der Waals surface area contributed by atoms with Crippen molar-refractivity contribution in [1.82, 2.24) is 15.0 Å². The Morgan fingerprint density at radius 1 is 1.13 bits per heavy atom. The minimum absolute atomic E-state index is 0.235. The van der Waals surface area contributed by atoms with Gasteiger partial charge in [-0.2, -0.15) is 5.26 Å². The number of nitriles is 1. The normalized spacial score (nSPS) is 9.53. The Labute approximate surface area is 87.3 Å². The van der Waals surface area contributed by atoms with Crippen molar-refractivity contribution in [1.29, 1.82) is 5.26 Å². The minimum Gasteiger partial charge on any atom is -0.265 e. The van der Waals surface area contributed by atoms with Gasteiger partial charge in [0.15, 0.2) is 0 Å². The van der Waals surface area contributed by atoms with Crippen LogP contribution in [0.5, 0.6) is 0 Å². The van der Waals surface area contributed by atoms with Crippen molar-refractivity contribution >= 4 is 0 Å². The maximum Gasteiger partial charge on any atom is 0.142 e. The lowest BCUT2D eigenvalue weighted by Crippen LogP contribution is -1.94. The minimum atomic E-state index is 0.235. The van der Waals surface area contributed by atoms with E-state index in [1.807, 2.05) is 24.3 Å². The van der Waals surface area contributed by atoms with Crippen LogP contribution in [0, 0.1) is 11.3 Å². The van der Waals surface area contributed by atoms with E-state index in [-0.39, 0.29) is 6.42 Å². The SMILES string of the molecule is N#CCc1nccc(-c2ccncc2)n1. The molecule has 0 unspecified atom stereocenters. The van der Waals surface area contributed by atoms with Crippen molar-refractivity contribution in [2.45, 2.75) is 6.42 Å². The molecule has 4 heteroatoms. The van der Waals surface area contributed by atoms with Gasteiger partial charge in [0.25, 0.3) is 0 Å². The van der Waals surface area contributed by atoms with Gasteiger partial charge in [0.2, 0.25) is 0 Å². The molecule has 0 aliphatic rings. The highest BCUT2D eigenvalue weighted by Gasteiger charge is 2.00. The van der Waals surface area contributed by atoms with Crippen LogP contribution in [0.15, 0.2) is 36.8 Å². The van der Waals surface area contributed by atoms with Crippen molar-refractivity contribution in [2.24, 2.45) is 0 Å². The highest BCUT2D eigenvalue weighted by Crippen LogP contribution is 2.14. The summed E-state index contributed by atoms with van der Waals surface area (Å²) in [6, 6.07) is 7.59. The first kappa shape index (κ1) is 9.28. The van der Waals surface area contributed by atoms with E-state index in [4.69, 9.17) is 5.26 Å². The van der Waals surface area contributed by atoms with Crippen LogP contribution in [0.2, 0.25) is 0 Å². The molecule has 0 atom stereocenters. The van der Waals surface area contributed by atoms with Gasteiger partial charge in [0, 0.05) is 24.2 Å². The van der Waals surface area contributed by atoms with E-state index in [2.05, 4.69) is 15.0 Å². The highest BCUT2D eigenvalue weighted by molar-refractivity contribution is 5.57. The molecule has 0 bridgehead atoms. The zero-order chi connectivity index (χ0) is 10.5. The molecule has 0 radical (unpaired) electrons. The summed E-state index contributed by atoms with van der Waals surface area (Å²) in [6.07, 6.45) is 5.32. The van der Waals surface area contributed by atoms with E-state index in [1.165, 1.54) is 0 Å². The van der Waals surface area contributed by atoms with Crippen LogP contribution in [-0.4, -0.2) is 15.0 Å². The van der Waals surface area contributed by atoms with Gasteiger partial charge in [0.1, 0.15) is 5.82 Å². The van der Waals surface area contributed by atoms with E-state index in [0.717, 1.165) is 11.3 Å². The van der Waals surface area contributed by atoms with Crippen LogP contribution < -0.4 is 0 Å². The van der Waals surface area contributed by atoms with Crippen molar-refractivity contribution < 1.29 is 0 Å². The van der Waals surface area contributed by atoms with E-state index < -0.39 is 0 Å². The van der Waals surface area contributed by atoms with Crippen LogP contribution in [-0.2, 0) is 6.42 Å². The third-order valence-electron chi connectivity index (χ3n) is 1.92. The Morgan fingerprint density at radius 3 is 2.67 bits per heavy atom. The zero-order valence-electron chi connectivity index (χ0n) is 7.96. The fourth-order valence-electron chi connectivity index (χ4n) is 1.24. The first-order valence-electron chi connectivity index (χ1n) is 4.49. The largest absolute Gasteiger partial charge is 0.265 e. The Kier molecular flexibility index (Phi) is 2.65. The molecule has 2 aromatic heterocycles. The van der Waals surface area contributed by atoms with E-state index in [1.54, 1.807) is 18.6 Å². The van der Waals surface area contributed by atoms with Crippen LogP contribution in [0.3, 0.4) is 0 Å². The van der Waals surface area contributed by atoms with Crippen molar-refractivity contribution in [3.05, 3.63) is 42.6 Å². The second-order valence-electron chi connectivity index (χ2n) is 2.93. The molecule has 4 nitrogen and oxygen atoms in total. The third-order valence-corrected chi connectivity index (χ3v) is 1.92. The summed E-state index contributed by atoms with van der Waals surface area (Å²) in [5.41, 5.74) is 1.80. The quantitative estimate of drug-likeness (QED) is 0.731. The van der Waals surface area contributed by atoms with E-state index in [9.17, 15) is 0 Å². The van der Waals surface area contributed by atoms with Crippen molar-refractivity contribution in [2.75, 3.05) is 0 Å². The Hall–Kier alpha value is -2.28. The summed E-state index contributed by atoms with van der Waals surface area (Å²) in [4.78, 5) is 12.2. The van der Waals surface area contributed by atoms with E-state index in [0.29, 0.717) is 5.82 Å². The maximum atomic E-state index is 8.54. The Morgan fingerprint density at radius 2 is 1.93 bits per heavy atom. The molecule has 0 N–H and O–H groups in total. The number of pyridine rings is 1. The molecule has 0 aliphatic carbocycles. The number of hydrogen-bond donors (Lipinski definition) is 0. The lowest BCUT2D eigenvalue weighted by molar-refractivity contribution is 0.999. The fraction of sp³-hybridized carbons (Fsp3) is 0.0909. The topological polar surface area (TPSA) is 62.5 Å². The van der Waals surface area contributed by atoms with Gasteiger partial charge in [-0.3, -0.25) is 4.98 Å². The van der Waals surface area contributed by atoms with Gasteiger partial charge in [-0.1, -0.05) is 0 Å². The summed E-state index contributed by atoms with van der Waals surface area (Å²) in [6.45, 7) is 0. The van der Waals surface area contributed by atoms with Gasteiger partial charge in [0.05, 0.1) is 18.2 Å². The van der Waals surface area contributed by atoms with Crippen LogP contribution >= 0.6 is 0 Å². The number of aromatic nitrogens is 3. The molecule has 2 aromatic rings. The summed E-state index contributed by atoms with van der Waals surface area (Å²) in [5.74, 6) is 0.548. The average Bonchev–Trinajstić information content (AvgIpc) is 2.31. The van der Waals surface area contributed by atoms with Crippen LogP contribution in [0.1, 0.15) is 5.82 Å². The Bertz CT molecular complexity index is 487. The lowest BCUT2D eigenvalue weighted by atomic mass is 10.2. The zero-order valence-corrected chi connectivity index (χ0v) is 7.96. The van der Waals surface area contributed by atoms with Crippen LogP contribution in [0.25, 0.3) is 11.3 Å². The molecule has 0 spiro atoms. The van der Waals surface area contributed by atoms with Gasteiger partial charge >= 0.3 is 0 Å². The molecule has 0 amide bonds. The molecule has 0 aromatic carbocycles. The summed E-state index contributed by atoms with van der Waals surface area (Å²) in [7, 11) is 0. The molecule has 2 heterocycles. The second kappa shape index (κ2) is 4.29. The van der Waals surface area contributed by atoms with Crippen LogP contribution in [0.4, 0.5) is 0 Å². The molecule has 72 valence electrons. The molecule has 0 saturated carbocycles. The first-order valence-corrected chi connectivity index (χ1v) is 4.49. The number of nitrogens with zero attached hydrogens (tertiary/aromatic N) is 4. The first-order chi connectivity index (χ1) is 7.40. The van der Waals surface area contributed by atoms with Gasteiger partial charge in [-0.15, -0.1) is 0 Å². The molecular weight excluding hydrogens is 188 g/mol. The Balaban J connectivity index is 2.38. The molecule has 0 aliphatic heterocycles. The third kappa shape index (κ3) is 2.15. The smallest absolute Gasteiger partial charge is 0.142 e. The maximum absolute atomic E-state index is 8.54. The second-order valence-corrected chi connectivity index (χ2v) is 2.93. The van der Waals surface area contributed by atoms with Gasteiger partial charge < -0.3 is 0 Å². The number of hydrogen-bond acceptors (Lipinski definition) is 4. The summed E-state index contributed by atoms with van der Waals surface area (Å²) < 4.78 is 0. The molecule has 0 fully saturated rings. The lowest BCUT2D eigenvalue weighted by Gasteiger charge is -2.00.